The summed E-state index contributed by atoms with van der Waals surface area (Å²) in [4.78, 5) is 13.8. The Kier molecular flexibility index (Phi) is 3.95. The third-order valence-corrected chi connectivity index (χ3v) is 4.43. The Morgan fingerprint density at radius 3 is 2.71 bits per heavy atom. The molecule has 0 saturated carbocycles. The van der Waals surface area contributed by atoms with Gasteiger partial charge in [-0.1, -0.05) is 35.9 Å². The maximum atomic E-state index is 4.82. The third-order valence-electron chi connectivity index (χ3n) is 4.43. The highest BCUT2D eigenvalue weighted by atomic mass is 15.0. The molecule has 0 aliphatic heterocycles. The second kappa shape index (κ2) is 6.40. The number of aryl methyl sites for hydroxylation is 2. The minimum absolute atomic E-state index is 0.727. The summed E-state index contributed by atoms with van der Waals surface area (Å²) in [6, 6.07) is 12.4. The highest BCUT2D eigenvalue weighted by Crippen LogP contribution is 2.29. The predicted molar refractivity (Wildman–Crippen MR) is 95.8 cm³/mol. The number of fused-ring (bicyclic) bond motifs is 1. The zero-order valence-corrected chi connectivity index (χ0v) is 13.8. The lowest BCUT2D eigenvalue weighted by Gasteiger charge is -2.12. The van der Waals surface area contributed by atoms with E-state index >= 15 is 0 Å². The number of pyridine rings is 1. The summed E-state index contributed by atoms with van der Waals surface area (Å²) in [6.07, 6.45) is 6.93. The van der Waals surface area contributed by atoms with Crippen LogP contribution in [0.5, 0.6) is 0 Å². The van der Waals surface area contributed by atoms with Gasteiger partial charge in [0.05, 0.1) is 0 Å². The van der Waals surface area contributed by atoms with Crippen LogP contribution in [-0.2, 0) is 19.4 Å². The lowest BCUT2D eigenvalue weighted by atomic mass is 10.1. The van der Waals surface area contributed by atoms with E-state index in [1.807, 2.05) is 12.3 Å². The molecule has 0 atom stereocenters. The Labute approximate surface area is 142 Å². The minimum atomic E-state index is 0.727. The molecule has 4 heteroatoms. The molecule has 4 nitrogen and oxygen atoms in total. The van der Waals surface area contributed by atoms with Crippen LogP contribution in [0, 0.1) is 6.92 Å². The van der Waals surface area contributed by atoms with Crippen molar-refractivity contribution in [1.29, 1.82) is 0 Å². The number of hydrogen-bond donors (Lipinski definition) is 1. The van der Waals surface area contributed by atoms with Gasteiger partial charge in [-0.15, -0.1) is 0 Å². The van der Waals surface area contributed by atoms with Crippen molar-refractivity contribution < 1.29 is 0 Å². The van der Waals surface area contributed by atoms with Crippen molar-refractivity contribution in [2.75, 3.05) is 5.32 Å². The fraction of sp³-hybridized carbons (Fsp3) is 0.250. The number of aromatic nitrogens is 3. The largest absolute Gasteiger partial charge is 0.366 e. The minimum Gasteiger partial charge on any atom is -0.366 e. The molecule has 2 heterocycles. The molecule has 0 spiro atoms. The summed E-state index contributed by atoms with van der Waals surface area (Å²) in [5.74, 6) is 1.78. The Balaban J connectivity index is 1.66. The molecule has 0 amide bonds. The molecule has 24 heavy (non-hydrogen) atoms. The van der Waals surface area contributed by atoms with Crippen molar-refractivity contribution in [3.63, 3.8) is 0 Å². The number of nitrogens with one attached hydrogen (secondary N) is 1. The molecule has 0 saturated heterocycles. The number of hydrogen-bond acceptors (Lipinski definition) is 4. The van der Waals surface area contributed by atoms with Gasteiger partial charge >= 0.3 is 0 Å². The third kappa shape index (κ3) is 3.00. The average Bonchev–Trinajstić information content (AvgIpc) is 3.10. The molecule has 0 fully saturated rings. The van der Waals surface area contributed by atoms with Crippen LogP contribution < -0.4 is 5.32 Å². The molecule has 0 radical (unpaired) electrons. The van der Waals surface area contributed by atoms with Crippen LogP contribution in [0.25, 0.3) is 11.4 Å². The van der Waals surface area contributed by atoms with Crippen LogP contribution in [0.15, 0.2) is 48.8 Å². The SMILES string of the molecule is Cc1ccc(-c2nc3c(c(NCc4cccnc4)n2)CCC3)cc1. The zero-order chi connectivity index (χ0) is 16.4. The fourth-order valence-electron chi connectivity index (χ4n) is 3.10. The molecule has 1 aliphatic carbocycles. The van der Waals surface area contributed by atoms with Crippen LogP contribution in [-0.4, -0.2) is 15.0 Å². The first-order valence-corrected chi connectivity index (χ1v) is 8.39. The van der Waals surface area contributed by atoms with Gasteiger partial charge < -0.3 is 5.32 Å². The highest BCUT2D eigenvalue weighted by molar-refractivity contribution is 5.61. The molecular weight excluding hydrogens is 296 g/mol. The number of nitrogens with zero attached hydrogens (tertiary/aromatic N) is 3. The fourth-order valence-corrected chi connectivity index (χ4v) is 3.10. The Morgan fingerprint density at radius 2 is 1.92 bits per heavy atom. The normalized spacial score (nSPS) is 12.9. The zero-order valence-electron chi connectivity index (χ0n) is 13.8. The van der Waals surface area contributed by atoms with Crippen molar-refractivity contribution >= 4 is 5.82 Å². The van der Waals surface area contributed by atoms with Gasteiger partial charge in [-0.3, -0.25) is 4.98 Å². The number of anilines is 1. The van der Waals surface area contributed by atoms with E-state index in [-0.39, 0.29) is 0 Å². The quantitative estimate of drug-likeness (QED) is 0.792. The van der Waals surface area contributed by atoms with Crippen molar-refractivity contribution in [2.24, 2.45) is 0 Å². The van der Waals surface area contributed by atoms with Gasteiger partial charge in [0.25, 0.3) is 0 Å². The second-order valence-corrected chi connectivity index (χ2v) is 6.26. The molecule has 0 bridgehead atoms. The van der Waals surface area contributed by atoms with Gasteiger partial charge in [-0.2, -0.15) is 0 Å². The summed E-state index contributed by atoms with van der Waals surface area (Å²) >= 11 is 0. The summed E-state index contributed by atoms with van der Waals surface area (Å²) in [6.45, 7) is 2.82. The van der Waals surface area contributed by atoms with E-state index in [9.17, 15) is 0 Å². The van der Waals surface area contributed by atoms with Gasteiger partial charge in [0.1, 0.15) is 5.82 Å². The first kappa shape index (κ1) is 14.8. The van der Waals surface area contributed by atoms with Crippen LogP contribution in [0.1, 0.15) is 28.8 Å². The monoisotopic (exact) mass is 316 g/mol. The van der Waals surface area contributed by atoms with Crippen molar-refractivity contribution in [3.05, 3.63) is 71.2 Å². The van der Waals surface area contributed by atoms with Crippen LogP contribution >= 0.6 is 0 Å². The Morgan fingerprint density at radius 1 is 1.04 bits per heavy atom. The molecule has 1 aromatic carbocycles. The van der Waals surface area contributed by atoms with Crippen LogP contribution in [0.3, 0.4) is 0 Å². The number of rotatable bonds is 4. The van der Waals surface area contributed by atoms with Crippen molar-refractivity contribution in [2.45, 2.75) is 32.7 Å². The number of benzene rings is 1. The summed E-state index contributed by atoms with van der Waals surface area (Å²) in [5.41, 5.74) is 5.93. The smallest absolute Gasteiger partial charge is 0.161 e. The molecule has 0 unspecified atom stereocenters. The topological polar surface area (TPSA) is 50.7 Å². The van der Waals surface area contributed by atoms with Crippen molar-refractivity contribution in [1.82, 2.24) is 15.0 Å². The van der Waals surface area contributed by atoms with Crippen molar-refractivity contribution in [3.8, 4) is 11.4 Å². The van der Waals surface area contributed by atoms with Gasteiger partial charge in [0.15, 0.2) is 5.82 Å². The van der Waals surface area contributed by atoms with Gasteiger partial charge in [-0.05, 0) is 37.8 Å². The summed E-state index contributed by atoms with van der Waals surface area (Å²) in [5, 5.41) is 3.49. The lowest BCUT2D eigenvalue weighted by molar-refractivity contribution is 0.899. The Bertz CT molecular complexity index is 842. The van der Waals surface area contributed by atoms with E-state index < -0.39 is 0 Å². The lowest BCUT2D eigenvalue weighted by Crippen LogP contribution is -2.07. The molecule has 2 aromatic heterocycles. The first-order valence-electron chi connectivity index (χ1n) is 8.39. The molecular formula is C20H20N4. The molecule has 1 N–H and O–H groups in total. The van der Waals surface area contributed by atoms with E-state index in [1.165, 1.54) is 16.8 Å². The highest BCUT2D eigenvalue weighted by Gasteiger charge is 2.19. The van der Waals surface area contributed by atoms with Crippen LogP contribution in [0.2, 0.25) is 0 Å². The van der Waals surface area contributed by atoms with E-state index in [0.717, 1.165) is 48.6 Å². The maximum Gasteiger partial charge on any atom is 0.161 e. The summed E-state index contributed by atoms with van der Waals surface area (Å²) in [7, 11) is 0. The second-order valence-electron chi connectivity index (χ2n) is 6.26. The van der Waals surface area contributed by atoms with Gasteiger partial charge in [0.2, 0.25) is 0 Å². The van der Waals surface area contributed by atoms with E-state index in [4.69, 9.17) is 9.97 Å². The first-order chi connectivity index (χ1) is 11.8. The van der Waals surface area contributed by atoms with Gasteiger partial charge in [-0.25, -0.2) is 9.97 Å². The molecule has 1 aliphatic rings. The average molecular weight is 316 g/mol. The Hall–Kier alpha value is -2.75. The maximum absolute atomic E-state index is 4.82. The molecule has 120 valence electrons. The standard InChI is InChI=1S/C20H20N4/c1-14-7-9-16(10-8-14)19-23-18-6-2-5-17(18)20(24-19)22-13-15-4-3-11-21-12-15/h3-4,7-12H,2,5-6,13H2,1H3,(H,22,23,24). The molecule has 4 rings (SSSR count). The van der Waals surface area contributed by atoms with E-state index in [1.54, 1.807) is 6.20 Å². The molecule has 3 aromatic rings. The van der Waals surface area contributed by atoms with Crippen LogP contribution in [0.4, 0.5) is 5.82 Å². The van der Waals surface area contributed by atoms with E-state index in [0.29, 0.717) is 0 Å². The van der Waals surface area contributed by atoms with Gasteiger partial charge in [0, 0.05) is 35.8 Å². The predicted octanol–water partition coefficient (Wildman–Crippen LogP) is 3.95. The summed E-state index contributed by atoms with van der Waals surface area (Å²) < 4.78 is 0. The van der Waals surface area contributed by atoms with E-state index in [2.05, 4.69) is 47.6 Å².